The third kappa shape index (κ3) is 8.23. The highest BCUT2D eigenvalue weighted by Gasteiger charge is 1.79. The summed E-state index contributed by atoms with van der Waals surface area (Å²) in [5.41, 5.74) is 3.98. The fourth-order valence-electron chi connectivity index (χ4n) is 1.17. The van der Waals surface area contributed by atoms with Gasteiger partial charge in [-0.1, -0.05) is 71.3 Å². The quantitative estimate of drug-likeness (QED) is 0.727. The molecular formula is C16H22O. The Hall–Kier alpha value is -1.60. The average molecular weight is 230 g/mol. The second-order valence-corrected chi connectivity index (χ2v) is 3.81. The summed E-state index contributed by atoms with van der Waals surface area (Å²) in [5, 5.41) is 7.00. The van der Waals surface area contributed by atoms with Gasteiger partial charge in [0.25, 0.3) is 0 Å². The van der Waals surface area contributed by atoms with Crippen molar-refractivity contribution >= 4 is 0 Å². The summed E-state index contributed by atoms with van der Waals surface area (Å²) in [6.07, 6.45) is 0. The number of aryl methyl sites for hydroxylation is 3. The molecule has 0 radical (unpaired) electrons. The lowest BCUT2D eigenvalue weighted by atomic mass is 10.2. The molecule has 0 saturated heterocycles. The molecule has 0 spiro atoms. The van der Waals surface area contributed by atoms with Crippen LogP contribution in [-0.2, 0) is 0 Å². The third-order valence-electron chi connectivity index (χ3n) is 2.16. The van der Waals surface area contributed by atoms with E-state index in [0.717, 1.165) is 7.11 Å². The maximum atomic E-state index is 7.00. The topological polar surface area (TPSA) is 20.2 Å². The van der Waals surface area contributed by atoms with E-state index in [2.05, 4.69) is 57.2 Å². The van der Waals surface area contributed by atoms with Crippen LogP contribution in [0.4, 0.5) is 0 Å². The van der Waals surface area contributed by atoms with Crippen LogP contribution in [0.25, 0.3) is 0 Å². The third-order valence-corrected chi connectivity index (χ3v) is 2.16. The van der Waals surface area contributed by atoms with E-state index in [1.165, 1.54) is 16.7 Å². The first-order valence-electron chi connectivity index (χ1n) is 5.68. The van der Waals surface area contributed by atoms with Gasteiger partial charge in [0, 0.05) is 7.11 Å². The van der Waals surface area contributed by atoms with Gasteiger partial charge in [-0.2, -0.15) is 0 Å². The molecule has 0 amide bonds. The van der Waals surface area contributed by atoms with E-state index in [0.29, 0.717) is 0 Å². The molecule has 0 fully saturated rings. The van der Waals surface area contributed by atoms with Gasteiger partial charge < -0.3 is 5.11 Å². The van der Waals surface area contributed by atoms with Crippen LogP contribution in [0, 0.1) is 20.8 Å². The minimum Gasteiger partial charge on any atom is -0.400 e. The lowest BCUT2D eigenvalue weighted by Gasteiger charge is -1.90. The summed E-state index contributed by atoms with van der Waals surface area (Å²) < 4.78 is 0. The molecule has 2 aromatic rings. The number of aliphatic hydroxyl groups excluding tert-OH is 1. The van der Waals surface area contributed by atoms with Gasteiger partial charge in [-0.3, -0.25) is 0 Å². The molecule has 0 aliphatic rings. The van der Waals surface area contributed by atoms with E-state index in [9.17, 15) is 0 Å². The number of aliphatic hydroxyl groups is 1. The molecule has 2 aromatic carbocycles. The Kier molecular flexibility index (Phi) is 8.71. The summed E-state index contributed by atoms with van der Waals surface area (Å²) in [6.45, 7) is 6.28. The summed E-state index contributed by atoms with van der Waals surface area (Å²) in [5.74, 6) is 0. The van der Waals surface area contributed by atoms with Crippen LogP contribution in [0.1, 0.15) is 16.7 Å². The van der Waals surface area contributed by atoms with Gasteiger partial charge in [-0.15, -0.1) is 0 Å². The Balaban J connectivity index is 0.000000265. The summed E-state index contributed by atoms with van der Waals surface area (Å²) in [4.78, 5) is 0. The minimum atomic E-state index is 1.00. The fraction of sp³-hybridized carbons (Fsp3) is 0.250. The number of hydrogen-bond donors (Lipinski definition) is 1. The van der Waals surface area contributed by atoms with Gasteiger partial charge in [-0.25, -0.2) is 0 Å². The number of hydrogen-bond acceptors (Lipinski definition) is 1. The first-order valence-corrected chi connectivity index (χ1v) is 5.68. The van der Waals surface area contributed by atoms with Gasteiger partial charge in [-0.05, 0) is 20.8 Å². The Labute approximate surface area is 105 Å². The molecule has 0 saturated carbocycles. The lowest BCUT2D eigenvalue weighted by Crippen LogP contribution is -1.70. The predicted molar refractivity (Wildman–Crippen MR) is 75.2 cm³/mol. The molecule has 2 rings (SSSR count). The number of rotatable bonds is 0. The fourth-order valence-corrected chi connectivity index (χ4v) is 1.17. The van der Waals surface area contributed by atoms with Crippen molar-refractivity contribution in [2.75, 3.05) is 7.11 Å². The zero-order chi connectivity index (χ0) is 13.1. The zero-order valence-corrected chi connectivity index (χ0v) is 11.1. The summed E-state index contributed by atoms with van der Waals surface area (Å²) >= 11 is 0. The molecule has 0 atom stereocenters. The van der Waals surface area contributed by atoms with Crippen LogP contribution in [0.15, 0.2) is 54.6 Å². The smallest absolute Gasteiger partial charge is 0.0319 e. The Morgan fingerprint density at radius 2 is 0.824 bits per heavy atom. The zero-order valence-electron chi connectivity index (χ0n) is 11.1. The summed E-state index contributed by atoms with van der Waals surface area (Å²) in [7, 11) is 1.00. The molecule has 1 nitrogen and oxygen atoms in total. The highest BCUT2D eigenvalue weighted by Crippen LogP contribution is 1.99. The average Bonchev–Trinajstić information content (AvgIpc) is 2.37. The van der Waals surface area contributed by atoms with Crippen molar-refractivity contribution in [2.24, 2.45) is 0 Å². The molecule has 0 aromatic heterocycles. The van der Waals surface area contributed by atoms with Crippen LogP contribution in [0.2, 0.25) is 0 Å². The van der Waals surface area contributed by atoms with Crippen molar-refractivity contribution < 1.29 is 5.11 Å². The second-order valence-electron chi connectivity index (χ2n) is 3.81. The van der Waals surface area contributed by atoms with Crippen molar-refractivity contribution in [3.63, 3.8) is 0 Å². The van der Waals surface area contributed by atoms with Crippen LogP contribution >= 0.6 is 0 Å². The Morgan fingerprint density at radius 3 is 1.06 bits per heavy atom. The molecule has 0 unspecified atom stereocenters. The van der Waals surface area contributed by atoms with Gasteiger partial charge in [0.1, 0.15) is 0 Å². The van der Waals surface area contributed by atoms with E-state index in [-0.39, 0.29) is 0 Å². The molecule has 0 bridgehead atoms. The highest BCUT2D eigenvalue weighted by atomic mass is 16.2. The van der Waals surface area contributed by atoms with Gasteiger partial charge in [0.15, 0.2) is 0 Å². The maximum Gasteiger partial charge on any atom is 0.0319 e. The van der Waals surface area contributed by atoms with E-state index >= 15 is 0 Å². The molecule has 17 heavy (non-hydrogen) atoms. The SMILES string of the molecule is CO.Cc1ccc(C)cc1.Cc1ccccc1. The standard InChI is InChI=1S/C8H10.C7H8.CH4O/c1-7-3-5-8(2)6-4-7;1-7-5-3-2-4-6-7;1-2/h3-6H,1-2H3;2-6H,1H3;2H,1H3. The Bertz CT molecular complexity index is 355. The van der Waals surface area contributed by atoms with Crippen LogP contribution in [0.3, 0.4) is 0 Å². The van der Waals surface area contributed by atoms with Crippen molar-refractivity contribution in [2.45, 2.75) is 20.8 Å². The molecule has 0 aliphatic heterocycles. The van der Waals surface area contributed by atoms with Crippen molar-refractivity contribution in [3.05, 3.63) is 71.3 Å². The Morgan fingerprint density at radius 1 is 0.529 bits per heavy atom. The summed E-state index contributed by atoms with van der Waals surface area (Å²) in [6, 6.07) is 18.7. The first kappa shape index (κ1) is 15.4. The van der Waals surface area contributed by atoms with E-state index in [1.54, 1.807) is 0 Å². The van der Waals surface area contributed by atoms with Crippen molar-refractivity contribution in [3.8, 4) is 0 Å². The first-order chi connectivity index (χ1) is 8.18. The second kappa shape index (κ2) is 9.61. The molecule has 1 heteroatoms. The van der Waals surface area contributed by atoms with Gasteiger partial charge >= 0.3 is 0 Å². The monoisotopic (exact) mass is 230 g/mol. The van der Waals surface area contributed by atoms with E-state index < -0.39 is 0 Å². The van der Waals surface area contributed by atoms with Crippen LogP contribution in [0.5, 0.6) is 0 Å². The van der Waals surface area contributed by atoms with Crippen molar-refractivity contribution in [1.29, 1.82) is 0 Å². The molecular weight excluding hydrogens is 208 g/mol. The highest BCUT2D eigenvalue weighted by molar-refractivity contribution is 5.19. The molecule has 0 heterocycles. The van der Waals surface area contributed by atoms with E-state index in [1.807, 2.05) is 18.2 Å². The normalized spacial score (nSPS) is 8.29. The minimum absolute atomic E-state index is 1.00. The number of benzene rings is 2. The lowest BCUT2D eigenvalue weighted by molar-refractivity contribution is 0.399. The molecule has 0 aliphatic carbocycles. The van der Waals surface area contributed by atoms with E-state index in [4.69, 9.17) is 5.11 Å². The van der Waals surface area contributed by atoms with Crippen LogP contribution in [-0.4, -0.2) is 12.2 Å². The molecule has 1 N–H and O–H groups in total. The van der Waals surface area contributed by atoms with Gasteiger partial charge in [0.2, 0.25) is 0 Å². The maximum absolute atomic E-state index is 7.00. The van der Waals surface area contributed by atoms with Gasteiger partial charge in [0.05, 0.1) is 0 Å². The van der Waals surface area contributed by atoms with Crippen LogP contribution < -0.4 is 0 Å². The van der Waals surface area contributed by atoms with Crippen molar-refractivity contribution in [1.82, 2.24) is 0 Å². The largest absolute Gasteiger partial charge is 0.400 e. The predicted octanol–water partition coefficient (Wildman–Crippen LogP) is 3.91. The molecule has 92 valence electrons.